The van der Waals surface area contributed by atoms with Gasteiger partial charge in [0.2, 0.25) is 0 Å². The van der Waals surface area contributed by atoms with Gasteiger partial charge in [-0.25, -0.2) is 0 Å². The van der Waals surface area contributed by atoms with Gasteiger partial charge in [-0.3, -0.25) is 0 Å². The Morgan fingerprint density at radius 2 is 2.06 bits per heavy atom. The van der Waals surface area contributed by atoms with Gasteiger partial charge in [-0.05, 0) is 26.3 Å². The van der Waals surface area contributed by atoms with Gasteiger partial charge in [-0.15, -0.1) is 0 Å². The predicted molar refractivity (Wildman–Crippen MR) is 65.8 cm³/mol. The number of nitrogens with zero attached hydrogens (tertiary/aromatic N) is 1. The fraction of sp³-hybridized carbons (Fsp3) is 1.00. The van der Waals surface area contributed by atoms with Gasteiger partial charge in [0.1, 0.15) is 0 Å². The molecule has 1 rings (SSSR count). The fourth-order valence-corrected chi connectivity index (χ4v) is 1.95. The molecule has 1 fully saturated rings. The van der Waals surface area contributed by atoms with Crippen molar-refractivity contribution in [1.82, 2.24) is 10.2 Å². The summed E-state index contributed by atoms with van der Waals surface area (Å²) in [6.45, 7) is 6.00. The summed E-state index contributed by atoms with van der Waals surface area (Å²) in [6, 6.07) is 0.668. The van der Waals surface area contributed by atoms with E-state index in [1.165, 1.54) is 0 Å². The Morgan fingerprint density at radius 1 is 1.31 bits per heavy atom. The Bertz CT molecular complexity index is 161. The predicted octanol–water partition coefficient (Wildman–Crippen LogP) is 0.723. The van der Waals surface area contributed by atoms with Crippen molar-refractivity contribution in [3.63, 3.8) is 0 Å². The Balaban J connectivity index is 1.92. The molecule has 1 aliphatic rings. The van der Waals surface area contributed by atoms with E-state index in [9.17, 15) is 0 Å². The molecule has 0 aromatic carbocycles. The first-order valence-corrected chi connectivity index (χ1v) is 6.31. The molecule has 0 amide bonds. The second kappa shape index (κ2) is 8.93. The Hall–Kier alpha value is -0.160. The first-order chi connectivity index (χ1) is 7.83. The van der Waals surface area contributed by atoms with Crippen LogP contribution in [-0.2, 0) is 9.47 Å². The molecule has 0 aromatic heterocycles. The minimum absolute atomic E-state index is 0.668. The molecule has 0 atom stereocenters. The van der Waals surface area contributed by atoms with Gasteiger partial charge in [-0.2, -0.15) is 0 Å². The summed E-state index contributed by atoms with van der Waals surface area (Å²) in [5.41, 5.74) is 0. The summed E-state index contributed by atoms with van der Waals surface area (Å²) >= 11 is 0. The van der Waals surface area contributed by atoms with E-state index in [0.717, 1.165) is 58.7 Å². The zero-order valence-electron chi connectivity index (χ0n) is 10.7. The molecular formula is C12H26N2O2. The molecule has 1 aliphatic heterocycles. The SMILES string of the molecule is COCCCN(C)CCNC1CCOCC1. The molecule has 0 bridgehead atoms. The van der Waals surface area contributed by atoms with Crippen molar-refractivity contribution in [2.24, 2.45) is 0 Å². The Kier molecular flexibility index (Phi) is 7.76. The van der Waals surface area contributed by atoms with E-state index in [4.69, 9.17) is 9.47 Å². The summed E-state index contributed by atoms with van der Waals surface area (Å²) in [5, 5.41) is 3.59. The molecule has 4 nitrogen and oxygen atoms in total. The zero-order valence-corrected chi connectivity index (χ0v) is 10.7. The van der Waals surface area contributed by atoms with Crippen molar-refractivity contribution in [1.29, 1.82) is 0 Å². The molecule has 0 unspecified atom stereocenters. The number of methoxy groups -OCH3 is 1. The van der Waals surface area contributed by atoms with Crippen LogP contribution < -0.4 is 5.32 Å². The van der Waals surface area contributed by atoms with Gasteiger partial charge in [0.15, 0.2) is 0 Å². The maximum atomic E-state index is 5.33. The highest BCUT2D eigenvalue weighted by molar-refractivity contribution is 4.70. The number of hydrogen-bond acceptors (Lipinski definition) is 4. The minimum Gasteiger partial charge on any atom is -0.385 e. The van der Waals surface area contributed by atoms with E-state index in [0.29, 0.717) is 6.04 Å². The van der Waals surface area contributed by atoms with Crippen LogP contribution in [0, 0.1) is 0 Å². The number of hydrogen-bond donors (Lipinski definition) is 1. The Morgan fingerprint density at radius 3 is 2.75 bits per heavy atom. The van der Waals surface area contributed by atoms with E-state index >= 15 is 0 Å². The number of likely N-dealkylation sites (N-methyl/N-ethyl adjacent to an activating group) is 1. The van der Waals surface area contributed by atoms with Crippen LogP contribution in [0.1, 0.15) is 19.3 Å². The normalized spacial score (nSPS) is 18.2. The average Bonchev–Trinajstić information content (AvgIpc) is 2.31. The monoisotopic (exact) mass is 230 g/mol. The van der Waals surface area contributed by atoms with Crippen molar-refractivity contribution in [3.8, 4) is 0 Å². The van der Waals surface area contributed by atoms with E-state index in [2.05, 4.69) is 17.3 Å². The fourth-order valence-electron chi connectivity index (χ4n) is 1.95. The zero-order chi connectivity index (χ0) is 11.6. The average molecular weight is 230 g/mol. The van der Waals surface area contributed by atoms with Crippen LogP contribution in [0.5, 0.6) is 0 Å². The minimum atomic E-state index is 0.668. The van der Waals surface area contributed by atoms with Gasteiger partial charge in [0.25, 0.3) is 0 Å². The molecule has 0 saturated carbocycles. The molecule has 1 saturated heterocycles. The highest BCUT2D eigenvalue weighted by Gasteiger charge is 2.12. The van der Waals surface area contributed by atoms with Gasteiger partial charge < -0.3 is 19.7 Å². The van der Waals surface area contributed by atoms with Gasteiger partial charge in [0.05, 0.1) is 0 Å². The Labute approximate surface area is 99.3 Å². The molecule has 96 valence electrons. The number of rotatable bonds is 8. The lowest BCUT2D eigenvalue weighted by Gasteiger charge is -2.24. The molecule has 1 heterocycles. The van der Waals surface area contributed by atoms with Gasteiger partial charge >= 0.3 is 0 Å². The third-order valence-electron chi connectivity index (χ3n) is 3.04. The summed E-state index contributed by atoms with van der Waals surface area (Å²) in [4.78, 5) is 2.35. The van der Waals surface area contributed by atoms with Crippen LogP contribution in [0.2, 0.25) is 0 Å². The summed E-state index contributed by atoms with van der Waals surface area (Å²) < 4.78 is 10.4. The van der Waals surface area contributed by atoms with Crippen molar-refractivity contribution in [2.75, 3.05) is 53.6 Å². The lowest BCUT2D eigenvalue weighted by molar-refractivity contribution is 0.0774. The number of ether oxygens (including phenoxy) is 2. The van der Waals surface area contributed by atoms with Crippen molar-refractivity contribution < 1.29 is 9.47 Å². The van der Waals surface area contributed by atoms with Crippen LogP contribution >= 0.6 is 0 Å². The molecule has 4 heteroatoms. The van der Waals surface area contributed by atoms with Crippen molar-refractivity contribution in [2.45, 2.75) is 25.3 Å². The van der Waals surface area contributed by atoms with E-state index in [1.807, 2.05) is 0 Å². The molecule has 0 radical (unpaired) electrons. The highest BCUT2D eigenvalue weighted by atomic mass is 16.5. The van der Waals surface area contributed by atoms with Crippen LogP contribution in [-0.4, -0.2) is 64.6 Å². The standard InChI is InChI=1S/C12H26N2O2/c1-14(7-3-9-15-2)8-6-13-12-4-10-16-11-5-12/h12-13H,3-11H2,1-2H3. The quantitative estimate of drug-likeness (QED) is 0.623. The first-order valence-electron chi connectivity index (χ1n) is 6.31. The lowest BCUT2D eigenvalue weighted by Crippen LogP contribution is -2.39. The second-order valence-electron chi connectivity index (χ2n) is 4.49. The van der Waals surface area contributed by atoms with Crippen molar-refractivity contribution in [3.05, 3.63) is 0 Å². The van der Waals surface area contributed by atoms with E-state index in [-0.39, 0.29) is 0 Å². The molecular weight excluding hydrogens is 204 g/mol. The third-order valence-corrected chi connectivity index (χ3v) is 3.04. The largest absolute Gasteiger partial charge is 0.385 e. The molecule has 0 spiro atoms. The smallest absolute Gasteiger partial charge is 0.0480 e. The van der Waals surface area contributed by atoms with E-state index in [1.54, 1.807) is 7.11 Å². The third kappa shape index (κ3) is 6.43. The summed E-state index contributed by atoms with van der Waals surface area (Å²) in [6.07, 6.45) is 3.44. The molecule has 0 aliphatic carbocycles. The van der Waals surface area contributed by atoms with E-state index < -0.39 is 0 Å². The summed E-state index contributed by atoms with van der Waals surface area (Å²) in [7, 11) is 3.92. The van der Waals surface area contributed by atoms with Crippen LogP contribution in [0.15, 0.2) is 0 Å². The van der Waals surface area contributed by atoms with Gasteiger partial charge in [0, 0.05) is 52.6 Å². The highest BCUT2D eigenvalue weighted by Crippen LogP contribution is 2.05. The first kappa shape index (κ1) is 13.9. The van der Waals surface area contributed by atoms with Crippen molar-refractivity contribution >= 4 is 0 Å². The maximum Gasteiger partial charge on any atom is 0.0480 e. The topological polar surface area (TPSA) is 33.7 Å². The van der Waals surface area contributed by atoms with Gasteiger partial charge in [-0.1, -0.05) is 0 Å². The maximum absolute atomic E-state index is 5.33. The van der Waals surface area contributed by atoms with Crippen LogP contribution in [0.3, 0.4) is 0 Å². The molecule has 0 aromatic rings. The van der Waals surface area contributed by atoms with Crippen LogP contribution in [0.25, 0.3) is 0 Å². The lowest BCUT2D eigenvalue weighted by atomic mass is 10.1. The molecule has 1 N–H and O–H groups in total. The number of nitrogens with one attached hydrogen (secondary N) is 1. The summed E-state index contributed by atoms with van der Waals surface area (Å²) in [5.74, 6) is 0. The second-order valence-corrected chi connectivity index (χ2v) is 4.49. The molecule has 16 heavy (non-hydrogen) atoms. The van der Waals surface area contributed by atoms with Crippen LogP contribution in [0.4, 0.5) is 0 Å².